The molecule has 2 N–H and O–H groups in total. The van der Waals surface area contributed by atoms with Crippen molar-refractivity contribution in [2.75, 3.05) is 5.32 Å². The first-order chi connectivity index (χ1) is 9.40. The van der Waals surface area contributed by atoms with E-state index < -0.39 is 6.36 Å². The quantitative estimate of drug-likeness (QED) is 0.896. The van der Waals surface area contributed by atoms with Crippen molar-refractivity contribution in [2.45, 2.75) is 31.3 Å². The van der Waals surface area contributed by atoms with E-state index in [0.717, 1.165) is 18.9 Å². The number of alkyl halides is 3. The second-order valence-electron chi connectivity index (χ2n) is 5.12. The molecule has 3 unspecified atom stereocenters. The Labute approximate surface area is 113 Å². The molecule has 20 heavy (non-hydrogen) atoms. The molecule has 0 bridgehead atoms. The molecule has 108 valence electrons. The molecule has 1 saturated heterocycles. The van der Waals surface area contributed by atoms with Crippen LogP contribution in [0.1, 0.15) is 12.8 Å². The lowest BCUT2D eigenvalue weighted by Crippen LogP contribution is -2.37. The lowest BCUT2D eigenvalue weighted by Gasteiger charge is -2.14. The van der Waals surface area contributed by atoms with Crippen LogP contribution in [0.3, 0.4) is 0 Å². The predicted octanol–water partition coefficient (Wildman–Crippen LogP) is 2.27. The van der Waals surface area contributed by atoms with Gasteiger partial charge in [0.2, 0.25) is 5.91 Å². The molecule has 1 aliphatic heterocycles. The zero-order chi connectivity index (χ0) is 14.3. The Kier molecular flexibility index (Phi) is 3.08. The summed E-state index contributed by atoms with van der Waals surface area (Å²) < 4.78 is 40.1. The minimum absolute atomic E-state index is 0.221. The van der Waals surface area contributed by atoms with Crippen LogP contribution in [0.25, 0.3) is 0 Å². The zero-order valence-electron chi connectivity index (χ0n) is 10.4. The lowest BCUT2D eigenvalue weighted by atomic mass is 10.1. The largest absolute Gasteiger partial charge is 0.573 e. The van der Waals surface area contributed by atoms with E-state index in [-0.39, 0.29) is 17.7 Å². The Bertz CT molecular complexity index is 523. The summed E-state index contributed by atoms with van der Waals surface area (Å²) in [6.07, 6.45) is -2.84. The van der Waals surface area contributed by atoms with Crippen molar-refractivity contribution >= 4 is 11.6 Å². The first-order valence-corrected chi connectivity index (χ1v) is 6.33. The number of piperidine rings is 1. The summed E-state index contributed by atoms with van der Waals surface area (Å²) in [5, 5.41) is 5.78. The SMILES string of the molecule is O=C(Nc1cccc(OC(F)(F)F)c1)C1CC2CC2N1. The van der Waals surface area contributed by atoms with Crippen LogP contribution in [-0.2, 0) is 4.79 Å². The number of carbonyl (C=O) groups excluding carboxylic acids is 1. The van der Waals surface area contributed by atoms with E-state index in [2.05, 4.69) is 15.4 Å². The fraction of sp³-hybridized carbons (Fsp3) is 0.462. The molecule has 0 spiro atoms. The van der Waals surface area contributed by atoms with Gasteiger partial charge in [-0.3, -0.25) is 4.79 Å². The van der Waals surface area contributed by atoms with Gasteiger partial charge in [0.05, 0.1) is 6.04 Å². The van der Waals surface area contributed by atoms with Crippen molar-refractivity contribution in [2.24, 2.45) is 5.92 Å². The van der Waals surface area contributed by atoms with Crippen LogP contribution < -0.4 is 15.4 Å². The van der Waals surface area contributed by atoms with Crippen LogP contribution in [0, 0.1) is 5.92 Å². The predicted molar refractivity (Wildman–Crippen MR) is 65.2 cm³/mol. The number of rotatable bonds is 3. The van der Waals surface area contributed by atoms with Crippen LogP contribution in [0.15, 0.2) is 24.3 Å². The van der Waals surface area contributed by atoms with E-state index in [9.17, 15) is 18.0 Å². The van der Waals surface area contributed by atoms with Gasteiger partial charge in [-0.05, 0) is 30.9 Å². The Balaban J connectivity index is 1.62. The number of halogens is 3. The summed E-state index contributed by atoms with van der Waals surface area (Å²) in [5.74, 6) is 0.00420. The van der Waals surface area contributed by atoms with Gasteiger partial charge in [0.1, 0.15) is 5.75 Å². The van der Waals surface area contributed by atoms with Crippen LogP contribution in [-0.4, -0.2) is 24.4 Å². The average Bonchev–Trinajstić information content (AvgIpc) is 2.94. The Hall–Kier alpha value is -1.76. The van der Waals surface area contributed by atoms with Crippen LogP contribution in [0.2, 0.25) is 0 Å². The maximum Gasteiger partial charge on any atom is 0.573 e. The number of carbonyl (C=O) groups is 1. The Morgan fingerprint density at radius 1 is 1.35 bits per heavy atom. The van der Waals surface area contributed by atoms with Gasteiger partial charge in [0.25, 0.3) is 0 Å². The van der Waals surface area contributed by atoms with E-state index in [1.165, 1.54) is 18.2 Å². The van der Waals surface area contributed by atoms with Gasteiger partial charge < -0.3 is 15.4 Å². The van der Waals surface area contributed by atoms with E-state index >= 15 is 0 Å². The highest BCUT2D eigenvalue weighted by Crippen LogP contribution is 2.40. The van der Waals surface area contributed by atoms with Crippen molar-refractivity contribution < 1.29 is 22.7 Å². The van der Waals surface area contributed by atoms with Crippen molar-refractivity contribution in [3.05, 3.63) is 24.3 Å². The summed E-state index contributed by atoms with van der Waals surface area (Å²) in [4.78, 5) is 11.9. The normalized spacial score (nSPS) is 27.9. The maximum atomic E-state index is 12.1. The molecule has 1 heterocycles. The van der Waals surface area contributed by atoms with E-state index in [4.69, 9.17) is 0 Å². The number of fused-ring (bicyclic) bond motifs is 1. The van der Waals surface area contributed by atoms with E-state index in [1.807, 2.05) is 0 Å². The monoisotopic (exact) mass is 286 g/mol. The topological polar surface area (TPSA) is 50.4 Å². The number of benzene rings is 1. The maximum absolute atomic E-state index is 12.1. The Morgan fingerprint density at radius 3 is 2.80 bits per heavy atom. The third-order valence-corrected chi connectivity index (χ3v) is 3.53. The highest BCUT2D eigenvalue weighted by molar-refractivity contribution is 5.95. The van der Waals surface area contributed by atoms with Gasteiger partial charge in [-0.15, -0.1) is 13.2 Å². The highest BCUT2D eigenvalue weighted by atomic mass is 19.4. The number of nitrogens with one attached hydrogen (secondary N) is 2. The number of ether oxygens (including phenoxy) is 1. The summed E-state index contributed by atoms with van der Waals surface area (Å²) in [5.41, 5.74) is 0.291. The fourth-order valence-corrected chi connectivity index (χ4v) is 2.52. The lowest BCUT2D eigenvalue weighted by molar-refractivity contribution is -0.274. The zero-order valence-corrected chi connectivity index (χ0v) is 10.4. The second kappa shape index (κ2) is 4.66. The van der Waals surface area contributed by atoms with Crippen molar-refractivity contribution in [3.63, 3.8) is 0 Å². The first-order valence-electron chi connectivity index (χ1n) is 6.33. The number of amides is 1. The number of anilines is 1. The fourth-order valence-electron chi connectivity index (χ4n) is 2.52. The molecule has 2 aliphatic rings. The minimum Gasteiger partial charge on any atom is -0.406 e. The minimum atomic E-state index is -4.74. The molecule has 7 heteroatoms. The molecule has 3 rings (SSSR count). The summed E-state index contributed by atoms with van der Waals surface area (Å²) in [6.45, 7) is 0. The van der Waals surface area contributed by atoms with Gasteiger partial charge in [0, 0.05) is 17.8 Å². The second-order valence-corrected chi connectivity index (χ2v) is 5.12. The van der Waals surface area contributed by atoms with Crippen LogP contribution >= 0.6 is 0 Å². The standard InChI is InChI=1S/C13H13F3N2O2/c14-13(15,16)20-9-3-1-2-8(6-9)17-12(19)11-5-7-4-10(7)18-11/h1-3,6-7,10-11,18H,4-5H2,(H,17,19). The van der Waals surface area contributed by atoms with Crippen LogP contribution in [0.4, 0.5) is 18.9 Å². The summed E-state index contributed by atoms with van der Waals surface area (Å²) >= 11 is 0. The smallest absolute Gasteiger partial charge is 0.406 e. The average molecular weight is 286 g/mol. The molecule has 1 aromatic carbocycles. The molecule has 3 atom stereocenters. The Morgan fingerprint density at radius 2 is 2.15 bits per heavy atom. The summed E-state index contributed by atoms with van der Waals surface area (Å²) in [7, 11) is 0. The molecular formula is C13H13F3N2O2. The first kappa shape index (κ1) is 13.2. The molecule has 2 fully saturated rings. The molecule has 4 nitrogen and oxygen atoms in total. The van der Waals surface area contributed by atoms with Crippen molar-refractivity contribution in [1.29, 1.82) is 0 Å². The highest BCUT2D eigenvalue weighted by Gasteiger charge is 2.47. The third-order valence-electron chi connectivity index (χ3n) is 3.53. The molecule has 0 radical (unpaired) electrons. The van der Waals surface area contributed by atoms with Crippen LogP contribution in [0.5, 0.6) is 5.75 Å². The third kappa shape index (κ3) is 3.04. The van der Waals surface area contributed by atoms with E-state index in [0.29, 0.717) is 17.6 Å². The van der Waals surface area contributed by atoms with E-state index in [1.54, 1.807) is 0 Å². The van der Waals surface area contributed by atoms with Crippen molar-refractivity contribution in [1.82, 2.24) is 5.32 Å². The molecule has 1 saturated carbocycles. The number of hydrogen-bond donors (Lipinski definition) is 2. The molecule has 0 aromatic heterocycles. The van der Waals surface area contributed by atoms with Crippen molar-refractivity contribution in [3.8, 4) is 5.75 Å². The molecule has 1 aliphatic carbocycles. The number of hydrogen-bond acceptors (Lipinski definition) is 3. The van der Waals surface area contributed by atoms with Gasteiger partial charge in [-0.1, -0.05) is 6.07 Å². The van der Waals surface area contributed by atoms with Gasteiger partial charge in [-0.25, -0.2) is 0 Å². The summed E-state index contributed by atoms with van der Waals surface area (Å²) in [6, 6.07) is 5.44. The van der Waals surface area contributed by atoms with Gasteiger partial charge in [0.15, 0.2) is 0 Å². The van der Waals surface area contributed by atoms with Gasteiger partial charge in [-0.2, -0.15) is 0 Å². The molecular weight excluding hydrogens is 273 g/mol. The van der Waals surface area contributed by atoms with Gasteiger partial charge >= 0.3 is 6.36 Å². The molecule has 1 amide bonds. The molecule has 1 aromatic rings.